The zero-order chi connectivity index (χ0) is 13.7. The molecule has 19 heavy (non-hydrogen) atoms. The summed E-state index contributed by atoms with van der Waals surface area (Å²) in [7, 11) is 1.99. The minimum atomic E-state index is 0.843. The third kappa shape index (κ3) is 4.59. The maximum atomic E-state index is 3.73. The molecule has 1 aromatic rings. The fraction of sp³-hybridized carbons (Fsp3) is 0.625. The maximum absolute atomic E-state index is 3.73. The van der Waals surface area contributed by atoms with Gasteiger partial charge in [-0.25, -0.2) is 0 Å². The van der Waals surface area contributed by atoms with E-state index in [0.717, 1.165) is 19.1 Å². The van der Waals surface area contributed by atoms with E-state index < -0.39 is 0 Å². The van der Waals surface area contributed by atoms with Crippen molar-refractivity contribution in [1.29, 1.82) is 0 Å². The Labute approximate surface area is 125 Å². The van der Waals surface area contributed by atoms with Crippen LogP contribution in [0.1, 0.15) is 43.7 Å². The molecular weight excluding hydrogens is 300 g/mol. The Morgan fingerprint density at radius 2 is 2.16 bits per heavy atom. The van der Waals surface area contributed by atoms with Crippen LogP contribution in [0.25, 0.3) is 0 Å². The second-order valence-electron chi connectivity index (χ2n) is 5.51. The highest BCUT2D eigenvalue weighted by Crippen LogP contribution is 2.30. The van der Waals surface area contributed by atoms with Gasteiger partial charge in [0.2, 0.25) is 0 Å². The van der Waals surface area contributed by atoms with E-state index in [4.69, 9.17) is 0 Å². The van der Waals surface area contributed by atoms with Gasteiger partial charge in [-0.1, -0.05) is 41.4 Å². The summed E-state index contributed by atoms with van der Waals surface area (Å²) in [5, 5.41) is 3.20. The molecule has 0 bridgehead atoms. The van der Waals surface area contributed by atoms with E-state index in [-0.39, 0.29) is 0 Å². The second kappa shape index (κ2) is 7.41. The van der Waals surface area contributed by atoms with Gasteiger partial charge in [0.1, 0.15) is 0 Å². The molecule has 0 heterocycles. The average molecular weight is 325 g/mol. The fourth-order valence-corrected chi connectivity index (χ4v) is 3.00. The molecular formula is C16H25BrN2. The van der Waals surface area contributed by atoms with Gasteiger partial charge in [0, 0.05) is 23.6 Å². The highest BCUT2D eigenvalue weighted by Gasteiger charge is 2.28. The van der Waals surface area contributed by atoms with E-state index in [0.29, 0.717) is 0 Å². The summed E-state index contributed by atoms with van der Waals surface area (Å²) in [5.41, 5.74) is 2.76. The minimum absolute atomic E-state index is 0.843. The van der Waals surface area contributed by atoms with Crippen LogP contribution in [0.4, 0.5) is 0 Å². The highest BCUT2D eigenvalue weighted by molar-refractivity contribution is 9.10. The van der Waals surface area contributed by atoms with Crippen LogP contribution in [0.5, 0.6) is 0 Å². The molecule has 0 aromatic heterocycles. The Morgan fingerprint density at radius 1 is 1.37 bits per heavy atom. The van der Waals surface area contributed by atoms with E-state index in [9.17, 15) is 0 Å². The first kappa shape index (κ1) is 15.0. The number of hydrogen-bond donors (Lipinski definition) is 1. The molecule has 106 valence electrons. The van der Waals surface area contributed by atoms with Gasteiger partial charge in [-0.05, 0) is 50.0 Å². The Morgan fingerprint density at radius 3 is 2.74 bits per heavy atom. The van der Waals surface area contributed by atoms with Crippen LogP contribution in [0.3, 0.4) is 0 Å². The quantitative estimate of drug-likeness (QED) is 0.779. The fourth-order valence-electron chi connectivity index (χ4n) is 2.44. The number of hydrogen-bond acceptors (Lipinski definition) is 2. The summed E-state index contributed by atoms with van der Waals surface area (Å²) in [6.45, 7) is 5.53. The molecule has 1 aromatic carbocycles. The largest absolute Gasteiger partial charge is 0.316 e. The first-order valence-corrected chi connectivity index (χ1v) is 8.19. The van der Waals surface area contributed by atoms with Gasteiger partial charge in [0.15, 0.2) is 0 Å². The molecule has 3 heteroatoms. The zero-order valence-electron chi connectivity index (χ0n) is 12.1. The summed E-state index contributed by atoms with van der Waals surface area (Å²) in [6, 6.07) is 7.60. The van der Waals surface area contributed by atoms with Gasteiger partial charge in [-0.2, -0.15) is 0 Å². The van der Waals surface area contributed by atoms with E-state index >= 15 is 0 Å². The summed E-state index contributed by atoms with van der Waals surface area (Å²) in [4.78, 5) is 2.65. The van der Waals surface area contributed by atoms with Gasteiger partial charge in [-0.15, -0.1) is 0 Å². The normalized spacial score (nSPS) is 15.2. The van der Waals surface area contributed by atoms with E-state index in [1.54, 1.807) is 0 Å². The van der Waals surface area contributed by atoms with E-state index in [1.807, 2.05) is 7.05 Å². The van der Waals surface area contributed by atoms with Crippen LogP contribution >= 0.6 is 15.9 Å². The van der Waals surface area contributed by atoms with Crippen LogP contribution < -0.4 is 5.32 Å². The van der Waals surface area contributed by atoms with Crippen molar-refractivity contribution >= 4 is 15.9 Å². The number of nitrogens with zero attached hydrogens (tertiary/aromatic N) is 1. The predicted molar refractivity (Wildman–Crippen MR) is 85.2 cm³/mol. The van der Waals surface area contributed by atoms with Crippen molar-refractivity contribution in [2.24, 2.45) is 0 Å². The number of halogens is 1. The Kier molecular flexibility index (Phi) is 5.86. The molecule has 0 radical (unpaired) electrons. The third-order valence-electron chi connectivity index (χ3n) is 3.73. The van der Waals surface area contributed by atoms with Crippen molar-refractivity contribution in [2.45, 2.75) is 51.7 Å². The van der Waals surface area contributed by atoms with Crippen molar-refractivity contribution in [1.82, 2.24) is 10.2 Å². The summed E-state index contributed by atoms with van der Waals surface area (Å²) in [5.74, 6) is 0. The Balaban J connectivity index is 1.99. The first-order chi connectivity index (χ1) is 9.24. The van der Waals surface area contributed by atoms with Crippen LogP contribution in [-0.2, 0) is 13.1 Å². The molecule has 2 nitrogen and oxygen atoms in total. The molecule has 1 saturated carbocycles. The smallest absolute Gasteiger partial charge is 0.0247 e. The summed E-state index contributed by atoms with van der Waals surface area (Å²) >= 11 is 3.73. The lowest BCUT2D eigenvalue weighted by atomic mass is 10.1. The molecule has 0 unspecified atom stereocenters. The predicted octanol–water partition coefficient (Wildman–Crippen LogP) is 3.93. The number of benzene rings is 1. The van der Waals surface area contributed by atoms with Crippen LogP contribution in [0.2, 0.25) is 0 Å². The monoisotopic (exact) mass is 324 g/mol. The van der Waals surface area contributed by atoms with Crippen LogP contribution in [-0.4, -0.2) is 24.5 Å². The number of rotatable bonds is 8. The maximum Gasteiger partial charge on any atom is 0.0247 e. The lowest BCUT2D eigenvalue weighted by Crippen LogP contribution is -2.26. The van der Waals surface area contributed by atoms with Gasteiger partial charge in [-0.3, -0.25) is 4.90 Å². The first-order valence-electron chi connectivity index (χ1n) is 7.40. The molecule has 1 aliphatic rings. The highest BCUT2D eigenvalue weighted by atomic mass is 79.9. The Bertz CT molecular complexity index is 402. The Hall–Kier alpha value is -0.380. The molecule has 0 spiro atoms. The molecule has 0 atom stereocenters. The topological polar surface area (TPSA) is 15.3 Å². The summed E-state index contributed by atoms with van der Waals surface area (Å²) in [6.07, 6.45) is 5.37. The molecule has 2 rings (SSSR count). The number of unbranched alkanes of at least 4 members (excludes halogenated alkanes) is 1. The van der Waals surface area contributed by atoms with Crippen molar-refractivity contribution in [3.63, 3.8) is 0 Å². The van der Waals surface area contributed by atoms with Crippen molar-refractivity contribution < 1.29 is 0 Å². The average Bonchev–Trinajstić information content (AvgIpc) is 3.21. The molecule has 1 aliphatic carbocycles. The van der Waals surface area contributed by atoms with Gasteiger partial charge in [0.25, 0.3) is 0 Å². The summed E-state index contributed by atoms with van der Waals surface area (Å²) < 4.78 is 1.25. The molecule has 0 amide bonds. The van der Waals surface area contributed by atoms with Gasteiger partial charge >= 0.3 is 0 Å². The van der Waals surface area contributed by atoms with Crippen LogP contribution in [0, 0.1) is 0 Å². The molecule has 1 fully saturated rings. The second-order valence-corrected chi connectivity index (χ2v) is 6.37. The standard InChI is InChI=1S/C16H25BrN2/c1-3-4-9-19(15-7-8-15)12-14-6-5-13(11-18-2)10-16(14)17/h5-6,10,15,18H,3-4,7-9,11-12H2,1-2H3. The molecule has 0 aliphatic heterocycles. The molecule has 0 saturated heterocycles. The van der Waals surface area contributed by atoms with Crippen molar-refractivity contribution in [3.05, 3.63) is 33.8 Å². The van der Waals surface area contributed by atoms with Crippen LogP contribution in [0.15, 0.2) is 22.7 Å². The SMILES string of the molecule is CCCCN(Cc1ccc(CNC)cc1Br)C1CC1. The van der Waals surface area contributed by atoms with Gasteiger partial charge < -0.3 is 5.32 Å². The lowest BCUT2D eigenvalue weighted by Gasteiger charge is -2.22. The number of nitrogens with one attached hydrogen (secondary N) is 1. The lowest BCUT2D eigenvalue weighted by molar-refractivity contribution is 0.250. The van der Waals surface area contributed by atoms with E-state index in [1.165, 1.54) is 47.8 Å². The zero-order valence-corrected chi connectivity index (χ0v) is 13.7. The minimum Gasteiger partial charge on any atom is -0.316 e. The van der Waals surface area contributed by atoms with Crippen molar-refractivity contribution in [3.8, 4) is 0 Å². The third-order valence-corrected chi connectivity index (χ3v) is 4.47. The van der Waals surface area contributed by atoms with Crippen molar-refractivity contribution in [2.75, 3.05) is 13.6 Å². The van der Waals surface area contributed by atoms with Gasteiger partial charge in [0.05, 0.1) is 0 Å². The molecule has 1 N–H and O–H groups in total. The van der Waals surface area contributed by atoms with E-state index in [2.05, 4.69) is 51.3 Å².